The molecule has 2 aliphatic heterocycles. The van der Waals surface area contributed by atoms with Gasteiger partial charge in [0.25, 0.3) is 5.91 Å². The minimum absolute atomic E-state index is 0.0790. The van der Waals surface area contributed by atoms with Gasteiger partial charge in [0.2, 0.25) is 15.9 Å². The number of para-hydroxylation sites is 1. The van der Waals surface area contributed by atoms with Gasteiger partial charge in [-0.3, -0.25) is 9.59 Å². The number of carbonyl (C=O) groups excluding carboxylic acids is 2. The number of nitrogens with one attached hydrogen (secondary N) is 1. The van der Waals surface area contributed by atoms with Gasteiger partial charge in [0, 0.05) is 37.7 Å². The molecule has 2 heterocycles. The Kier molecular flexibility index (Phi) is 7.63. The Morgan fingerprint density at radius 1 is 0.912 bits per heavy atom. The van der Waals surface area contributed by atoms with Crippen LogP contribution in [0.5, 0.6) is 0 Å². The first-order valence-electron chi connectivity index (χ1n) is 11.8. The molecule has 2 aromatic carbocycles. The molecule has 2 aromatic rings. The summed E-state index contributed by atoms with van der Waals surface area (Å²) in [6.45, 7) is 1.84. The van der Waals surface area contributed by atoms with E-state index in [1.807, 2.05) is 4.90 Å². The molecule has 2 fully saturated rings. The van der Waals surface area contributed by atoms with Crippen LogP contribution in [0.15, 0.2) is 48.5 Å². The van der Waals surface area contributed by atoms with Gasteiger partial charge in [0.05, 0.1) is 17.0 Å². The summed E-state index contributed by atoms with van der Waals surface area (Å²) >= 11 is 0. The zero-order valence-electron chi connectivity index (χ0n) is 19.1. The predicted octanol–water partition coefficient (Wildman–Crippen LogP) is 3.63. The van der Waals surface area contributed by atoms with Crippen molar-refractivity contribution in [3.05, 3.63) is 65.5 Å². The average Bonchev–Trinajstić information content (AvgIpc) is 2.86. The van der Waals surface area contributed by atoms with E-state index in [0.29, 0.717) is 24.1 Å². The van der Waals surface area contributed by atoms with Crippen LogP contribution >= 0.6 is 0 Å². The van der Waals surface area contributed by atoms with E-state index < -0.39 is 21.6 Å². The second-order valence-corrected chi connectivity index (χ2v) is 10.9. The van der Waals surface area contributed by atoms with E-state index in [1.54, 1.807) is 30.3 Å². The summed E-state index contributed by atoms with van der Waals surface area (Å²) in [6.07, 6.45) is 3.82. The summed E-state index contributed by atoms with van der Waals surface area (Å²) in [7, 11) is -3.69. The van der Waals surface area contributed by atoms with E-state index in [9.17, 15) is 22.4 Å². The number of sulfonamides is 1. The Hall–Kier alpha value is -2.78. The highest BCUT2D eigenvalue weighted by atomic mass is 32.2. The molecule has 2 saturated heterocycles. The Labute approximate surface area is 200 Å². The van der Waals surface area contributed by atoms with Crippen molar-refractivity contribution in [2.75, 3.05) is 31.5 Å². The maximum absolute atomic E-state index is 13.9. The topological polar surface area (TPSA) is 86.8 Å². The Balaban J connectivity index is 1.36. The van der Waals surface area contributed by atoms with E-state index in [2.05, 4.69) is 5.32 Å². The molecule has 0 spiro atoms. The molecule has 34 heavy (non-hydrogen) atoms. The van der Waals surface area contributed by atoms with Crippen molar-refractivity contribution in [2.24, 2.45) is 5.92 Å². The summed E-state index contributed by atoms with van der Waals surface area (Å²) in [5.74, 6) is -1.60. The summed E-state index contributed by atoms with van der Waals surface area (Å²) in [4.78, 5) is 27.8. The molecule has 1 N–H and O–H groups in total. The molecule has 7 nitrogen and oxygen atoms in total. The van der Waals surface area contributed by atoms with Gasteiger partial charge in [-0.15, -0.1) is 0 Å². The van der Waals surface area contributed by atoms with Crippen molar-refractivity contribution in [1.82, 2.24) is 9.21 Å². The maximum atomic E-state index is 13.9. The van der Waals surface area contributed by atoms with Crippen LogP contribution in [0.4, 0.5) is 10.1 Å². The van der Waals surface area contributed by atoms with Crippen molar-refractivity contribution in [3.63, 3.8) is 0 Å². The highest BCUT2D eigenvalue weighted by Gasteiger charge is 2.32. The van der Waals surface area contributed by atoms with Gasteiger partial charge in [0.15, 0.2) is 0 Å². The number of amides is 2. The molecule has 0 atom stereocenters. The van der Waals surface area contributed by atoms with Gasteiger partial charge in [-0.2, -0.15) is 0 Å². The third kappa shape index (κ3) is 5.64. The quantitative estimate of drug-likeness (QED) is 0.674. The van der Waals surface area contributed by atoms with Crippen molar-refractivity contribution in [3.8, 4) is 0 Å². The number of rotatable bonds is 6. The smallest absolute Gasteiger partial charge is 0.255 e. The summed E-state index contributed by atoms with van der Waals surface area (Å²) in [6, 6.07) is 12.9. The Morgan fingerprint density at radius 2 is 1.56 bits per heavy atom. The number of anilines is 1. The fraction of sp³-hybridized carbons (Fsp3) is 0.440. The average molecular weight is 488 g/mol. The monoisotopic (exact) mass is 487 g/mol. The largest absolute Gasteiger partial charge is 0.339 e. The molecule has 0 saturated carbocycles. The number of hydrogen-bond donors (Lipinski definition) is 1. The molecule has 0 aromatic heterocycles. The van der Waals surface area contributed by atoms with Gasteiger partial charge >= 0.3 is 0 Å². The van der Waals surface area contributed by atoms with Crippen LogP contribution in [0, 0.1) is 11.7 Å². The lowest BCUT2D eigenvalue weighted by Gasteiger charge is -2.31. The van der Waals surface area contributed by atoms with Crippen LogP contribution in [0.2, 0.25) is 0 Å². The van der Waals surface area contributed by atoms with E-state index in [-0.39, 0.29) is 36.4 Å². The fourth-order valence-electron chi connectivity index (χ4n) is 4.58. The lowest BCUT2D eigenvalue weighted by atomic mass is 9.97. The lowest BCUT2D eigenvalue weighted by Crippen LogP contribution is -2.42. The second kappa shape index (κ2) is 10.7. The van der Waals surface area contributed by atoms with E-state index in [1.165, 1.54) is 22.5 Å². The van der Waals surface area contributed by atoms with Gasteiger partial charge in [-0.05, 0) is 50.3 Å². The molecule has 0 unspecified atom stereocenters. The third-order valence-corrected chi connectivity index (χ3v) is 8.40. The van der Waals surface area contributed by atoms with E-state index in [0.717, 1.165) is 32.4 Å². The second-order valence-electron chi connectivity index (χ2n) is 8.91. The van der Waals surface area contributed by atoms with Gasteiger partial charge in [-0.1, -0.05) is 30.3 Å². The van der Waals surface area contributed by atoms with Crippen molar-refractivity contribution in [1.29, 1.82) is 0 Å². The SMILES string of the molecule is O=C(Nc1ccccc1C(=O)N1CCCCC1)C1CCN(S(=O)(=O)Cc2ccccc2F)CC1. The number of benzene rings is 2. The number of carbonyl (C=O) groups is 2. The highest BCUT2D eigenvalue weighted by molar-refractivity contribution is 7.88. The fourth-order valence-corrected chi connectivity index (χ4v) is 6.16. The summed E-state index contributed by atoms with van der Waals surface area (Å²) in [5.41, 5.74) is 1.10. The van der Waals surface area contributed by atoms with Gasteiger partial charge < -0.3 is 10.2 Å². The van der Waals surface area contributed by atoms with Crippen LogP contribution in [0.1, 0.15) is 48.0 Å². The Bertz CT molecular complexity index is 1140. The van der Waals surface area contributed by atoms with Crippen LogP contribution in [0.25, 0.3) is 0 Å². The normalized spacial score (nSPS) is 18.0. The molecule has 182 valence electrons. The molecule has 0 aliphatic carbocycles. The van der Waals surface area contributed by atoms with Crippen molar-refractivity contribution in [2.45, 2.75) is 37.9 Å². The highest BCUT2D eigenvalue weighted by Crippen LogP contribution is 2.25. The molecule has 2 aliphatic rings. The van der Waals surface area contributed by atoms with E-state index in [4.69, 9.17) is 0 Å². The molecule has 9 heteroatoms. The van der Waals surface area contributed by atoms with Crippen LogP contribution in [-0.4, -0.2) is 55.6 Å². The number of likely N-dealkylation sites (tertiary alicyclic amines) is 1. The molecule has 2 amide bonds. The zero-order chi connectivity index (χ0) is 24.1. The molecule has 0 radical (unpaired) electrons. The lowest BCUT2D eigenvalue weighted by molar-refractivity contribution is -0.120. The maximum Gasteiger partial charge on any atom is 0.255 e. The first-order valence-corrected chi connectivity index (χ1v) is 13.4. The minimum atomic E-state index is -3.69. The summed E-state index contributed by atoms with van der Waals surface area (Å²) in [5, 5.41) is 2.90. The standard InChI is InChI=1S/C25H30FN3O4S/c26-22-10-4-2-8-20(22)18-34(32,33)29-16-12-19(13-17-29)24(30)27-23-11-5-3-9-21(23)25(31)28-14-6-1-7-15-28/h2-5,8-11,19H,1,6-7,12-18H2,(H,27,30). The molecular formula is C25H30FN3O4S. The first-order chi connectivity index (χ1) is 16.3. The van der Waals surface area contributed by atoms with Crippen molar-refractivity contribution >= 4 is 27.5 Å². The first kappa shape index (κ1) is 24.3. The van der Waals surface area contributed by atoms with Crippen LogP contribution in [-0.2, 0) is 20.6 Å². The molecule has 4 rings (SSSR count). The van der Waals surface area contributed by atoms with Crippen LogP contribution in [0.3, 0.4) is 0 Å². The number of piperidine rings is 2. The third-order valence-electron chi connectivity index (χ3n) is 6.57. The predicted molar refractivity (Wildman–Crippen MR) is 128 cm³/mol. The zero-order valence-corrected chi connectivity index (χ0v) is 19.9. The summed E-state index contributed by atoms with van der Waals surface area (Å²) < 4.78 is 40.8. The molecular weight excluding hydrogens is 457 g/mol. The van der Waals surface area contributed by atoms with Gasteiger partial charge in [0.1, 0.15) is 5.82 Å². The number of hydrogen-bond acceptors (Lipinski definition) is 4. The van der Waals surface area contributed by atoms with Crippen molar-refractivity contribution < 1.29 is 22.4 Å². The minimum Gasteiger partial charge on any atom is -0.339 e. The van der Waals surface area contributed by atoms with E-state index >= 15 is 0 Å². The Morgan fingerprint density at radius 3 is 2.26 bits per heavy atom. The van der Waals surface area contributed by atoms with Crippen LogP contribution < -0.4 is 5.32 Å². The number of halogens is 1. The number of nitrogens with zero attached hydrogens (tertiary/aromatic N) is 2. The van der Waals surface area contributed by atoms with Gasteiger partial charge in [-0.25, -0.2) is 17.1 Å². The molecule has 0 bridgehead atoms.